The zero-order valence-electron chi connectivity index (χ0n) is 15.2. The molecule has 0 radical (unpaired) electrons. The average Bonchev–Trinajstić information content (AvgIpc) is 3.31. The first kappa shape index (κ1) is 16.5. The molecule has 0 saturated carbocycles. The van der Waals surface area contributed by atoms with Crippen molar-refractivity contribution in [1.82, 2.24) is 29.9 Å². The highest BCUT2D eigenvalue weighted by Gasteiger charge is 2.27. The molecule has 0 bridgehead atoms. The SMILES string of the molecule is COc1cccc([C@H]2CNC(=O)c3nc(-c4nnc5ccccn45)[nH]c3C2)c1. The Labute approximate surface area is 160 Å². The van der Waals surface area contributed by atoms with Gasteiger partial charge in [0.05, 0.1) is 7.11 Å². The van der Waals surface area contributed by atoms with E-state index >= 15 is 0 Å². The van der Waals surface area contributed by atoms with Crippen LogP contribution in [0.4, 0.5) is 0 Å². The molecule has 0 unspecified atom stereocenters. The van der Waals surface area contributed by atoms with Crippen molar-refractivity contribution < 1.29 is 9.53 Å². The van der Waals surface area contributed by atoms with Gasteiger partial charge in [0.15, 0.2) is 11.5 Å². The molecule has 0 saturated heterocycles. The molecule has 28 heavy (non-hydrogen) atoms. The molecule has 5 rings (SSSR count). The monoisotopic (exact) mass is 374 g/mol. The Hall–Kier alpha value is -3.68. The van der Waals surface area contributed by atoms with Crippen LogP contribution in [-0.4, -0.2) is 44.1 Å². The van der Waals surface area contributed by atoms with Crippen molar-refractivity contribution in [3.63, 3.8) is 0 Å². The van der Waals surface area contributed by atoms with Crippen LogP contribution in [-0.2, 0) is 6.42 Å². The molecule has 8 nitrogen and oxygen atoms in total. The number of fused-ring (bicyclic) bond motifs is 2. The van der Waals surface area contributed by atoms with Crippen LogP contribution in [0, 0.1) is 0 Å². The number of nitrogens with one attached hydrogen (secondary N) is 2. The van der Waals surface area contributed by atoms with Crippen molar-refractivity contribution in [1.29, 1.82) is 0 Å². The van der Waals surface area contributed by atoms with Gasteiger partial charge in [-0.15, -0.1) is 10.2 Å². The predicted molar refractivity (Wildman–Crippen MR) is 102 cm³/mol. The lowest BCUT2D eigenvalue weighted by molar-refractivity contribution is 0.0950. The summed E-state index contributed by atoms with van der Waals surface area (Å²) in [5.74, 6) is 1.84. The molecule has 140 valence electrons. The molecule has 1 aliphatic rings. The lowest BCUT2D eigenvalue weighted by atomic mass is 9.94. The van der Waals surface area contributed by atoms with E-state index in [2.05, 4.69) is 25.5 Å². The first-order valence-corrected chi connectivity index (χ1v) is 9.04. The molecule has 1 amide bonds. The zero-order chi connectivity index (χ0) is 19.1. The van der Waals surface area contributed by atoms with Crippen molar-refractivity contribution in [2.75, 3.05) is 13.7 Å². The molecule has 8 heteroatoms. The fraction of sp³-hybridized carbons (Fsp3) is 0.200. The van der Waals surface area contributed by atoms with Crippen LogP contribution < -0.4 is 10.1 Å². The Kier molecular flexibility index (Phi) is 3.82. The third-order valence-electron chi connectivity index (χ3n) is 5.04. The number of amides is 1. The van der Waals surface area contributed by atoms with Crippen molar-refractivity contribution in [2.45, 2.75) is 12.3 Å². The number of aromatic amines is 1. The number of hydrogen-bond acceptors (Lipinski definition) is 5. The number of carbonyl (C=O) groups is 1. The Morgan fingerprint density at radius 2 is 2.11 bits per heavy atom. The number of nitrogens with zero attached hydrogens (tertiary/aromatic N) is 4. The van der Waals surface area contributed by atoms with Crippen molar-refractivity contribution >= 4 is 11.6 Å². The summed E-state index contributed by atoms with van der Waals surface area (Å²) in [5.41, 5.74) is 3.04. The third-order valence-corrected chi connectivity index (χ3v) is 5.04. The standard InChI is InChI=1S/C20H18N6O2/c1-28-14-6-4-5-12(9-14)13-10-15-17(20(27)21-11-13)23-18(22-15)19-25-24-16-7-2-3-8-26(16)19/h2-9,13H,10-11H2,1H3,(H,21,27)(H,22,23)/t13-/m1/s1. The quantitative estimate of drug-likeness (QED) is 0.573. The van der Waals surface area contributed by atoms with Crippen molar-refractivity contribution in [2.24, 2.45) is 0 Å². The summed E-state index contributed by atoms with van der Waals surface area (Å²) in [6.45, 7) is 0.541. The maximum atomic E-state index is 12.6. The Morgan fingerprint density at radius 1 is 1.18 bits per heavy atom. The third kappa shape index (κ3) is 2.70. The highest BCUT2D eigenvalue weighted by molar-refractivity contribution is 5.94. The second-order valence-electron chi connectivity index (χ2n) is 6.75. The minimum absolute atomic E-state index is 0.115. The minimum atomic E-state index is -0.184. The van der Waals surface area contributed by atoms with Crippen LogP contribution in [0.25, 0.3) is 17.3 Å². The van der Waals surface area contributed by atoms with Crippen LogP contribution in [0.15, 0.2) is 48.7 Å². The first-order valence-electron chi connectivity index (χ1n) is 9.04. The van der Waals surface area contributed by atoms with Gasteiger partial charge in [-0.1, -0.05) is 18.2 Å². The maximum Gasteiger partial charge on any atom is 0.271 e. The molecule has 3 aromatic heterocycles. The number of H-pyrrole nitrogens is 1. The minimum Gasteiger partial charge on any atom is -0.497 e. The summed E-state index contributed by atoms with van der Waals surface area (Å²) in [6.07, 6.45) is 2.53. The van der Waals surface area contributed by atoms with E-state index in [1.54, 1.807) is 7.11 Å². The van der Waals surface area contributed by atoms with E-state index in [1.807, 2.05) is 53.1 Å². The normalized spacial score (nSPS) is 16.5. The van der Waals surface area contributed by atoms with E-state index in [0.717, 1.165) is 22.7 Å². The molecule has 0 aliphatic carbocycles. The fourth-order valence-electron chi connectivity index (χ4n) is 3.60. The summed E-state index contributed by atoms with van der Waals surface area (Å²) in [6, 6.07) is 13.6. The van der Waals surface area contributed by atoms with Gasteiger partial charge >= 0.3 is 0 Å². The molecule has 1 atom stereocenters. The molecule has 0 fully saturated rings. The van der Waals surface area contributed by atoms with Crippen LogP contribution in [0.2, 0.25) is 0 Å². The van der Waals surface area contributed by atoms with Gasteiger partial charge in [-0.25, -0.2) is 4.98 Å². The van der Waals surface area contributed by atoms with Gasteiger partial charge in [0, 0.05) is 24.4 Å². The molecule has 0 spiro atoms. The number of imidazole rings is 1. The number of rotatable bonds is 3. The topological polar surface area (TPSA) is 97.2 Å². The maximum absolute atomic E-state index is 12.6. The largest absolute Gasteiger partial charge is 0.497 e. The fourth-order valence-corrected chi connectivity index (χ4v) is 3.60. The van der Waals surface area contributed by atoms with Gasteiger partial charge in [-0.2, -0.15) is 0 Å². The lowest BCUT2D eigenvalue weighted by Gasteiger charge is -2.15. The molecule has 2 N–H and O–H groups in total. The number of aromatic nitrogens is 5. The number of methoxy groups -OCH3 is 1. The second kappa shape index (κ2) is 6.49. The Balaban J connectivity index is 1.54. The number of benzene rings is 1. The number of hydrogen-bond donors (Lipinski definition) is 2. The van der Waals surface area contributed by atoms with Gasteiger partial charge in [0.1, 0.15) is 11.4 Å². The highest BCUT2D eigenvalue weighted by atomic mass is 16.5. The summed E-state index contributed by atoms with van der Waals surface area (Å²) in [7, 11) is 1.65. The number of ether oxygens (including phenoxy) is 1. The Morgan fingerprint density at radius 3 is 3.00 bits per heavy atom. The van der Waals surface area contributed by atoms with Crippen LogP contribution in [0.3, 0.4) is 0 Å². The molecular weight excluding hydrogens is 356 g/mol. The Bertz CT molecular complexity index is 1180. The van der Waals surface area contributed by atoms with Crippen LogP contribution in [0.1, 0.15) is 27.7 Å². The molecule has 1 aromatic carbocycles. The molecule has 4 aromatic rings. The van der Waals surface area contributed by atoms with Gasteiger partial charge in [-0.3, -0.25) is 9.20 Å². The van der Waals surface area contributed by atoms with Crippen molar-refractivity contribution in [3.05, 3.63) is 65.6 Å². The summed E-state index contributed by atoms with van der Waals surface area (Å²) < 4.78 is 7.18. The predicted octanol–water partition coefficient (Wildman–Crippen LogP) is 2.20. The number of pyridine rings is 1. The van der Waals surface area contributed by atoms with Crippen molar-refractivity contribution in [3.8, 4) is 17.4 Å². The smallest absolute Gasteiger partial charge is 0.271 e. The zero-order valence-corrected chi connectivity index (χ0v) is 15.2. The van der Waals surface area contributed by atoms with E-state index in [0.29, 0.717) is 30.3 Å². The van der Waals surface area contributed by atoms with Gasteiger partial charge < -0.3 is 15.0 Å². The van der Waals surface area contributed by atoms with E-state index < -0.39 is 0 Å². The second-order valence-corrected chi connectivity index (χ2v) is 6.75. The first-order chi connectivity index (χ1) is 13.7. The summed E-state index contributed by atoms with van der Waals surface area (Å²) >= 11 is 0. The van der Waals surface area contributed by atoms with Gasteiger partial charge in [0.2, 0.25) is 5.82 Å². The molecule has 1 aliphatic heterocycles. The van der Waals surface area contributed by atoms with Gasteiger partial charge in [-0.05, 0) is 36.2 Å². The molecular formula is C20H18N6O2. The average molecular weight is 374 g/mol. The number of carbonyl (C=O) groups excluding carboxylic acids is 1. The van der Waals surface area contributed by atoms with E-state index in [1.165, 1.54) is 0 Å². The van der Waals surface area contributed by atoms with Crippen LogP contribution in [0.5, 0.6) is 5.75 Å². The van der Waals surface area contributed by atoms with Gasteiger partial charge in [0.25, 0.3) is 5.91 Å². The lowest BCUT2D eigenvalue weighted by Crippen LogP contribution is -2.26. The highest BCUT2D eigenvalue weighted by Crippen LogP contribution is 2.28. The molecule has 4 heterocycles. The van der Waals surface area contributed by atoms with E-state index in [4.69, 9.17) is 4.74 Å². The van der Waals surface area contributed by atoms with E-state index in [9.17, 15) is 4.79 Å². The summed E-state index contributed by atoms with van der Waals surface area (Å²) in [5, 5.41) is 11.4. The van der Waals surface area contributed by atoms with E-state index in [-0.39, 0.29) is 11.8 Å². The summed E-state index contributed by atoms with van der Waals surface area (Å²) in [4.78, 5) is 20.4. The van der Waals surface area contributed by atoms with Crippen LogP contribution >= 0.6 is 0 Å².